The summed E-state index contributed by atoms with van der Waals surface area (Å²) in [6, 6.07) is 1.84. The summed E-state index contributed by atoms with van der Waals surface area (Å²) < 4.78 is 5.89. The van der Waals surface area contributed by atoms with Crippen LogP contribution in [-0.2, 0) is 15.0 Å². The molecule has 0 radical (unpaired) electrons. The summed E-state index contributed by atoms with van der Waals surface area (Å²) in [5, 5.41) is 34.5. The summed E-state index contributed by atoms with van der Waals surface area (Å²) in [4.78, 5) is 46.7. The van der Waals surface area contributed by atoms with Gasteiger partial charge in [0.15, 0.2) is 12.0 Å². The molecule has 220 valence electrons. The number of aliphatic imine (C=N–C) groups is 1. The number of carbonyl (C=O) groups excluding carboxylic acids is 3. The molecule has 1 spiro atoms. The van der Waals surface area contributed by atoms with Crippen LogP contribution in [0.1, 0.15) is 49.0 Å². The lowest BCUT2D eigenvalue weighted by Crippen LogP contribution is -2.90. The van der Waals surface area contributed by atoms with Gasteiger partial charge in [0.25, 0.3) is 11.6 Å². The molecular formula is C26H36N9O6+. The number of aliphatic hydroxyl groups is 2. The lowest BCUT2D eigenvalue weighted by atomic mass is 9.79. The maximum atomic E-state index is 13.6. The van der Waals surface area contributed by atoms with E-state index in [9.17, 15) is 24.6 Å². The molecule has 0 aromatic heterocycles. The fraction of sp³-hybridized carbons (Fsp3) is 0.577. The predicted molar refractivity (Wildman–Crippen MR) is 144 cm³/mol. The second kappa shape index (κ2) is 9.21. The van der Waals surface area contributed by atoms with E-state index in [1.165, 1.54) is 4.90 Å². The van der Waals surface area contributed by atoms with Gasteiger partial charge in [-0.2, -0.15) is 0 Å². The van der Waals surface area contributed by atoms with Crippen molar-refractivity contribution in [1.82, 2.24) is 26.2 Å². The molecule has 5 aliphatic heterocycles. The van der Waals surface area contributed by atoms with Crippen molar-refractivity contribution in [2.45, 2.75) is 74.1 Å². The average molecular weight is 571 g/mol. The van der Waals surface area contributed by atoms with Gasteiger partial charge in [-0.15, -0.1) is 0 Å². The van der Waals surface area contributed by atoms with E-state index in [0.29, 0.717) is 18.8 Å². The number of hydrogen-bond acceptors (Lipinski definition) is 11. The number of nitrogens with zero attached hydrogens (tertiary/aromatic N) is 2. The molecule has 2 saturated heterocycles. The Morgan fingerprint density at radius 3 is 2.80 bits per heavy atom. The molecule has 0 bridgehead atoms. The van der Waals surface area contributed by atoms with Crippen LogP contribution in [0.5, 0.6) is 5.75 Å². The molecule has 5 aliphatic rings. The molecule has 15 nitrogen and oxygen atoms in total. The Morgan fingerprint density at radius 1 is 1.29 bits per heavy atom. The fourth-order valence-electron chi connectivity index (χ4n) is 6.66. The predicted octanol–water partition coefficient (Wildman–Crippen LogP) is -5.00. The maximum Gasteiger partial charge on any atom is 0.343 e. The number of nitrogens with one attached hydrogen (secondary N) is 5. The Hall–Kier alpha value is -4.11. The molecule has 41 heavy (non-hydrogen) atoms. The Labute approximate surface area is 235 Å². The fourth-order valence-corrected chi connectivity index (χ4v) is 6.66. The molecule has 1 aromatic rings. The van der Waals surface area contributed by atoms with Gasteiger partial charge < -0.3 is 36.6 Å². The lowest BCUT2D eigenvalue weighted by Gasteiger charge is -2.46. The van der Waals surface area contributed by atoms with E-state index >= 15 is 0 Å². The smallest absolute Gasteiger partial charge is 0.343 e. The SMILES string of the molecule is CC1(C)CCOc2c(C(=O)NC3CN4C(N)=N[C@@H](CNC(=O)C5CCC(=O)N5)[C@@H]5[NH+]=C(N)NC54C3(O)O)cccc21. The number of ether oxygens (including phenoxy) is 1. The van der Waals surface area contributed by atoms with Crippen molar-refractivity contribution in [2.24, 2.45) is 16.5 Å². The first kappa shape index (κ1) is 27.1. The summed E-state index contributed by atoms with van der Waals surface area (Å²) in [6.45, 7) is 4.51. The van der Waals surface area contributed by atoms with E-state index in [0.717, 1.165) is 12.0 Å². The highest BCUT2D eigenvalue weighted by atomic mass is 16.5. The van der Waals surface area contributed by atoms with Crippen LogP contribution in [0, 0.1) is 0 Å². The van der Waals surface area contributed by atoms with Crippen LogP contribution < -0.4 is 42.5 Å². The van der Waals surface area contributed by atoms with Crippen LogP contribution >= 0.6 is 0 Å². The highest BCUT2D eigenvalue weighted by molar-refractivity contribution is 5.98. The lowest BCUT2D eigenvalue weighted by molar-refractivity contribution is -0.521. The second-order valence-corrected chi connectivity index (χ2v) is 11.9. The first-order chi connectivity index (χ1) is 19.3. The van der Waals surface area contributed by atoms with Gasteiger partial charge in [0, 0.05) is 18.5 Å². The first-order valence-corrected chi connectivity index (χ1v) is 13.7. The summed E-state index contributed by atoms with van der Waals surface area (Å²) in [5.74, 6) is -3.20. The zero-order valence-electron chi connectivity index (χ0n) is 22.9. The number of rotatable bonds is 5. The minimum Gasteiger partial charge on any atom is -0.492 e. The third kappa shape index (κ3) is 4.05. The van der Waals surface area contributed by atoms with Crippen LogP contribution in [0.3, 0.4) is 0 Å². The van der Waals surface area contributed by atoms with Gasteiger partial charge in [-0.1, -0.05) is 26.0 Å². The zero-order chi connectivity index (χ0) is 29.3. The average Bonchev–Trinajstić information content (AvgIpc) is 3.57. The van der Waals surface area contributed by atoms with Crippen LogP contribution in [0.15, 0.2) is 23.2 Å². The summed E-state index contributed by atoms with van der Waals surface area (Å²) in [7, 11) is 0. The van der Waals surface area contributed by atoms with Crippen molar-refractivity contribution >= 4 is 29.6 Å². The molecule has 11 N–H and O–H groups in total. The van der Waals surface area contributed by atoms with Gasteiger partial charge in [-0.3, -0.25) is 30.0 Å². The molecule has 15 heteroatoms. The molecule has 5 heterocycles. The van der Waals surface area contributed by atoms with Gasteiger partial charge in [0.1, 0.15) is 23.9 Å². The van der Waals surface area contributed by atoms with Crippen molar-refractivity contribution in [3.8, 4) is 5.75 Å². The highest BCUT2D eigenvalue weighted by Crippen LogP contribution is 2.43. The number of nitrogens with two attached hydrogens (primary N) is 2. The standard InChI is InChI=1S/C26H35N9O6/c1-24(2)8-9-41-18-12(4-3-5-13(18)24)20(37)32-16-11-35-23(28)31-15(10-29-21(38)14-6-7-17(36)30-14)19-25(35,26(16,39)40)34-22(27)33-19/h3-5,14-16,19,39-40H,6-11H2,1-2H3,(H2,28,31)(H,29,38)(H,30,36)(H,32,37)(H3,27,33,34)/p+1/t14?,15-,16?,19-,25?/m0/s1. The maximum absolute atomic E-state index is 13.6. The number of benzene rings is 1. The topological polar surface area (TPSA) is 231 Å². The second-order valence-electron chi connectivity index (χ2n) is 11.9. The summed E-state index contributed by atoms with van der Waals surface area (Å²) in [5.41, 5.74) is 11.7. The van der Waals surface area contributed by atoms with Gasteiger partial charge in [-0.25, -0.2) is 10.3 Å². The van der Waals surface area contributed by atoms with Crippen molar-refractivity contribution in [1.29, 1.82) is 0 Å². The third-order valence-corrected chi connectivity index (χ3v) is 8.95. The molecular weight excluding hydrogens is 534 g/mol. The molecule has 3 unspecified atom stereocenters. The number of hydrogen-bond donors (Lipinski definition) is 9. The van der Waals surface area contributed by atoms with E-state index < -0.39 is 41.5 Å². The van der Waals surface area contributed by atoms with E-state index in [-0.39, 0.29) is 54.2 Å². The van der Waals surface area contributed by atoms with E-state index in [1.54, 1.807) is 12.1 Å². The van der Waals surface area contributed by atoms with E-state index in [1.807, 2.05) is 6.07 Å². The Morgan fingerprint density at radius 2 is 2.07 bits per heavy atom. The third-order valence-electron chi connectivity index (χ3n) is 8.95. The van der Waals surface area contributed by atoms with Crippen LogP contribution in [-0.4, -0.2) is 100 Å². The normalized spacial score (nSPS) is 32.3. The number of carbonyl (C=O) groups is 3. The minimum atomic E-state index is -2.60. The van der Waals surface area contributed by atoms with E-state index in [4.69, 9.17) is 16.2 Å². The molecule has 2 fully saturated rings. The number of guanidine groups is 2. The van der Waals surface area contributed by atoms with Gasteiger partial charge in [0.2, 0.25) is 17.6 Å². The van der Waals surface area contributed by atoms with Crippen molar-refractivity contribution in [2.75, 3.05) is 19.7 Å². The number of fused-ring (bicyclic) bond motifs is 1. The zero-order valence-corrected chi connectivity index (χ0v) is 22.9. The molecule has 5 atom stereocenters. The van der Waals surface area contributed by atoms with Crippen molar-refractivity contribution < 1.29 is 34.3 Å². The summed E-state index contributed by atoms with van der Waals surface area (Å²) in [6.07, 6.45) is 1.45. The Bertz CT molecular complexity index is 1380. The number of para-hydroxylation sites is 1. The highest BCUT2D eigenvalue weighted by Gasteiger charge is 2.76. The van der Waals surface area contributed by atoms with Gasteiger partial charge in [-0.05, 0) is 24.3 Å². The van der Waals surface area contributed by atoms with Gasteiger partial charge >= 0.3 is 5.96 Å². The monoisotopic (exact) mass is 570 g/mol. The van der Waals surface area contributed by atoms with Crippen LogP contribution in [0.25, 0.3) is 0 Å². The van der Waals surface area contributed by atoms with E-state index in [2.05, 4.69) is 45.1 Å². The minimum absolute atomic E-state index is 0.0231. The Balaban J connectivity index is 1.25. The molecule has 1 aromatic carbocycles. The molecule has 0 aliphatic carbocycles. The van der Waals surface area contributed by atoms with Crippen LogP contribution in [0.4, 0.5) is 0 Å². The van der Waals surface area contributed by atoms with Crippen molar-refractivity contribution in [3.05, 3.63) is 29.3 Å². The molecule has 6 rings (SSSR count). The first-order valence-electron chi connectivity index (χ1n) is 13.7. The van der Waals surface area contributed by atoms with Crippen molar-refractivity contribution in [3.63, 3.8) is 0 Å². The Kier molecular flexibility index (Phi) is 6.08. The largest absolute Gasteiger partial charge is 0.492 e. The summed E-state index contributed by atoms with van der Waals surface area (Å²) >= 11 is 0. The number of amides is 3. The van der Waals surface area contributed by atoms with Crippen LogP contribution in [0.2, 0.25) is 0 Å². The quantitative estimate of drug-likeness (QED) is 0.153. The molecule has 3 amide bonds. The molecule has 0 saturated carbocycles. The van der Waals surface area contributed by atoms with Gasteiger partial charge in [0.05, 0.1) is 18.7 Å².